The Morgan fingerprint density at radius 3 is 3.00 bits per heavy atom. The summed E-state index contributed by atoms with van der Waals surface area (Å²) in [7, 11) is 0. The van der Waals surface area contributed by atoms with Gasteiger partial charge in [-0.15, -0.1) is 11.3 Å². The second-order valence-corrected chi connectivity index (χ2v) is 3.11. The van der Waals surface area contributed by atoms with Crippen molar-refractivity contribution in [2.45, 2.75) is 13.0 Å². The zero-order chi connectivity index (χ0) is 8.97. The van der Waals surface area contributed by atoms with Crippen molar-refractivity contribution in [1.29, 1.82) is 5.26 Å². The lowest BCUT2D eigenvalue weighted by atomic mass is 10.3. The van der Waals surface area contributed by atoms with E-state index in [2.05, 4.69) is 0 Å². The summed E-state index contributed by atoms with van der Waals surface area (Å²) in [5, 5.41) is 10.5. The molecule has 1 rings (SSSR count). The maximum Gasteiger partial charge on any atom is 0.304 e. The van der Waals surface area contributed by atoms with Crippen molar-refractivity contribution in [2.75, 3.05) is 0 Å². The molecule has 1 aromatic rings. The average Bonchev–Trinajstić information content (AvgIpc) is 2.51. The molecule has 0 spiro atoms. The molecule has 0 saturated carbocycles. The third-order valence-electron chi connectivity index (χ3n) is 1.20. The number of nitriles is 1. The van der Waals surface area contributed by atoms with Crippen molar-refractivity contribution in [1.82, 2.24) is 0 Å². The highest BCUT2D eigenvalue weighted by atomic mass is 32.1. The largest absolute Gasteiger partial charge is 0.441 e. The van der Waals surface area contributed by atoms with Crippen LogP contribution >= 0.6 is 11.3 Å². The molecule has 0 amide bonds. The van der Waals surface area contributed by atoms with E-state index in [1.807, 2.05) is 17.5 Å². The molecule has 0 aliphatic heterocycles. The predicted molar refractivity (Wildman–Crippen MR) is 44.4 cm³/mol. The zero-order valence-corrected chi connectivity index (χ0v) is 7.30. The maximum absolute atomic E-state index is 10.5. The summed E-state index contributed by atoms with van der Waals surface area (Å²) >= 11 is 1.40. The van der Waals surface area contributed by atoms with Crippen LogP contribution in [-0.2, 0) is 9.53 Å². The highest BCUT2D eigenvalue weighted by molar-refractivity contribution is 7.10. The van der Waals surface area contributed by atoms with Crippen LogP contribution < -0.4 is 0 Å². The first-order valence-electron chi connectivity index (χ1n) is 3.34. The molecule has 0 saturated heterocycles. The standard InChI is InChI=1S/C8H7NO2S/c1-6(10)11-7(5-9)8-3-2-4-12-8/h2-4,7H,1H3/t7-/m0/s1. The van der Waals surface area contributed by atoms with Gasteiger partial charge in [0.1, 0.15) is 6.07 Å². The Morgan fingerprint density at radius 2 is 2.58 bits per heavy atom. The van der Waals surface area contributed by atoms with Crippen LogP contribution in [0.4, 0.5) is 0 Å². The fraction of sp³-hybridized carbons (Fsp3) is 0.250. The molecule has 0 unspecified atom stereocenters. The highest BCUT2D eigenvalue weighted by Gasteiger charge is 2.13. The summed E-state index contributed by atoms with van der Waals surface area (Å²) in [5.74, 6) is -0.435. The summed E-state index contributed by atoms with van der Waals surface area (Å²) in [6.07, 6.45) is -0.748. The summed E-state index contributed by atoms with van der Waals surface area (Å²) < 4.78 is 4.75. The highest BCUT2D eigenvalue weighted by Crippen LogP contribution is 2.21. The van der Waals surface area contributed by atoms with Gasteiger partial charge in [0, 0.05) is 6.92 Å². The van der Waals surface area contributed by atoms with Gasteiger partial charge in [0.25, 0.3) is 0 Å². The molecule has 0 aliphatic carbocycles. The lowest BCUT2D eigenvalue weighted by Crippen LogP contribution is -2.04. The van der Waals surface area contributed by atoms with Gasteiger partial charge >= 0.3 is 5.97 Å². The molecule has 1 aromatic heterocycles. The molecule has 0 bridgehead atoms. The van der Waals surface area contributed by atoms with Crippen LogP contribution in [0.25, 0.3) is 0 Å². The molecule has 0 aliphatic rings. The number of rotatable bonds is 2. The van der Waals surface area contributed by atoms with Crippen molar-refractivity contribution in [3.63, 3.8) is 0 Å². The third-order valence-corrected chi connectivity index (χ3v) is 2.12. The van der Waals surface area contributed by atoms with Crippen molar-refractivity contribution < 1.29 is 9.53 Å². The fourth-order valence-electron chi connectivity index (χ4n) is 0.754. The maximum atomic E-state index is 10.5. The summed E-state index contributed by atoms with van der Waals surface area (Å²) in [4.78, 5) is 11.3. The quantitative estimate of drug-likeness (QED) is 0.654. The SMILES string of the molecule is CC(=O)O[C@@H](C#N)c1cccs1. The van der Waals surface area contributed by atoms with Crippen molar-refractivity contribution in [3.8, 4) is 6.07 Å². The lowest BCUT2D eigenvalue weighted by molar-refractivity contribution is -0.144. The first-order chi connectivity index (χ1) is 5.74. The average molecular weight is 181 g/mol. The van der Waals surface area contributed by atoms with E-state index >= 15 is 0 Å². The van der Waals surface area contributed by atoms with Crippen LogP contribution in [0.3, 0.4) is 0 Å². The number of ether oxygens (including phenoxy) is 1. The van der Waals surface area contributed by atoms with Crippen LogP contribution in [0, 0.1) is 11.3 Å². The van der Waals surface area contributed by atoms with Crippen LogP contribution in [0.2, 0.25) is 0 Å². The zero-order valence-electron chi connectivity index (χ0n) is 6.48. The van der Waals surface area contributed by atoms with Crippen molar-refractivity contribution in [3.05, 3.63) is 22.4 Å². The molecule has 0 radical (unpaired) electrons. The van der Waals surface area contributed by atoms with E-state index in [4.69, 9.17) is 10.00 Å². The molecule has 3 nitrogen and oxygen atoms in total. The van der Waals surface area contributed by atoms with Gasteiger partial charge < -0.3 is 4.74 Å². The van der Waals surface area contributed by atoms with Crippen LogP contribution in [0.15, 0.2) is 17.5 Å². The molecular formula is C8H7NO2S. The Balaban J connectivity index is 2.72. The van der Waals surface area contributed by atoms with E-state index in [9.17, 15) is 4.79 Å². The minimum absolute atomic E-state index is 0.435. The van der Waals surface area contributed by atoms with Gasteiger partial charge in [0.05, 0.1) is 4.88 Å². The molecule has 12 heavy (non-hydrogen) atoms. The van der Waals surface area contributed by atoms with Gasteiger partial charge in [-0.3, -0.25) is 4.79 Å². The fourth-order valence-corrected chi connectivity index (χ4v) is 1.45. The Hall–Kier alpha value is -1.34. The Kier molecular flexibility index (Phi) is 2.83. The van der Waals surface area contributed by atoms with E-state index in [0.29, 0.717) is 0 Å². The van der Waals surface area contributed by atoms with E-state index < -0.39 is 12.1 Å². The molecule has 0 fully saturated rings. The van der Waals surface area contributed by atoms with E-state index in [0.717, 1.165) is 4.88 Å². The molecule has 1 heterocycles. The summed E-state index contributed by atoms with van der Waals surface area (Å²) in [6.45, 7) is 1.29. The van der Waals surface area contributed by atoms with E-state index in [-0.39, 0.29) is 0 Å². The third kappa shape index (κ3) is 2.07. The van der Waals surface area contributed by atoms with Crippen molar-refractivity contribution in [2.24, 2.45) is 0 Å². The predicted octanol–water partition coefficient (Wildman–Crippen LogP) is 1.88. The minimum atomic E-state index is -0.748. The first kappa shape index (κ1) is 8.75. The second kappa shape index (κ2) is 3.88. The Morgan fingerprint density at radius 1 is 1.83 bits per heavy atom. The van der Waals surface area contributed by atoms with Crippen molar-refractivity contribution >= 4 is 17.3 Å². The number of thiophene rings is 1. The smallest absolute Gasteiger partial charge is 0.304 e. The summed E-state index contributed by atoms with van der Waals surface area (Å²) in [6, 6.07) is 5.48. The Labute approximate surface area is 74.2 Å². The second-order valence-electron chi connectivity index (χ2n) is 2.13. The van der Waals surface area contributed by atoms with Gasteiger partial charge in [0.2, 0.25) is 6.10 Å². The van der Waals surface area contributed by atoms with Crippen LogP contribution in [0.1, 0.15) is 17.9 Å². The molecule has 4 heteroatoms. The van der Waals surface area contributed by atoms with Gasteiger partial charge in [-0.1, -0.05) is 6.07 Å². The van der Waals surface area contributed by atoms with E-state index in [1.54, 1.807) is 6.07 Å². The van der Waals surface area contributed by atoms with Crippen LogP contribution in [0.5, 0.6) is 0 Å². The molecule has 0 aromatic carbocycles. The summed E-state index contributed by atoms with van der Waals surface area (Å²) in [5.41, 5.74) is 0. The molecule has 0 N–H and O–H groups in total. The van der Waals surface area contributed by atoms with E-state index in [1.165, 1.54) is 18.3 Å². The van der Waals surface area contributed by atoms with Gasteiger partial charge in [-0.2, -0.15) is 5.26 Å². The minimum Gasteiger partial charge on any atom is -0.441 e. The number of hydrogen-bond acceptors (Lipinski definition) is 4. The monoisotopic (exact) mass is 181 g/mol. The lowest BCUT2D eigenvalue weighted by Gasteiger charge is -2.05. The normalized spacial score (nSPS) is 11.7. The molecule has 1 atom stereocenters. The topological polar surface area (TPSA) is 50.1 Å². The number of hydrogen-bond donors (Lipinski definition) is 0. The molecular weight excluding hydrogens is 174 g/mol. The van der Waals surface area contributed by atoms with Crippen LogP contribution in [-0.4, -0.2) is 5.97 Å². The van der Waals surface area contributed by atoms with Gasteiger partial charge in [-0.05, 0) is 11.4 Å². The number of esters is 1. The number of carbonyl (C=O) groups excluding carboxylic acids is 1. The first-order valence-corrected chi connectivity index (χ1v) is 4.22. The number of carbonyl (C=O) groups is 1. The van der Waals surface area contributed by atoms with Gasteiger partial charge in [-0.25, -0.2) is 0 Å². The Bertz CT molecular complexity index is 299. The van der Waals surface area contributed by atoms with Gasteiger partial charge in [0.15, 0.2) is 0 Å². The molecule has 62 valence electrons. The number of nitrogens with zero attached hydrogens (tertiary/aromatic N) is 1.